The van der Waals surface area contributed by atoms with Gasteiger partial charge in [0.05, 0.1) is 0 Å². The molecule has 0 saturated heterocycles. The van der Waals surface area contributed by atoms with Crippen LogP contribution in [0.25, 0.3) is 16.7 Å². The predicted molar refractivity (Wildman–Crippen MR) is 117 cm³/mol. The Kier molecular flexibility index (Phi) is 5.06. The molecule has 0 atom stereocenters. The fraction of sp³-hybridized carbons (Fsp3) is 0.385. The molecule has 0 spiro atoms. The molecule has 2 aliphatic rings. The van der Waals surface area contributed by atoms with Crippen LogP contribution in [0, 0.1) is 0 Å². The number of hydrogen-bond donors (Lipinski definition) is 0. The van der Waals surface area contributed by atoms with Crippen molar-refractivity contribution >= 4 is 5.57 Å². The summed E-state index contributed by atoms with van der Waals surface area (Å²) in [5, 5.41) is 0. The Morgan fingerprint density at radius 2 is 1.56 bits per heavy atom. The minimum atomic E-state index is 0.603. The Labute approximate surface area is 164 Å². The van der Waals surface area contributed by atoms with Gasteiger partial charge in [-0.2, -0.15) is 0 Å². The standard InChI is InChI=1S/C26H31N/c1-18(2)27(19(3)4)15-14-20-12-13-22(16-20)24-10-7-11-25-23-9-6-5-8-21(23)17-26(24)25/h5-12,16,18-19H,13-15,17H2,1-4H3. The number of allylic oxidation sites excluding steroid dienone is 3. The number of nitrogens with zero attached hydrogens (tertiary/aromatic N) is 1. The fourth-order valence-electron chi connectivity index (χ4n) is 4.77. The largest absolute Gasteiger partial charge is 0.298 e. The van der Waals surface area contributed by atoms with Crippen molar-refractivity contribution in [2.45, 2.75) is 59.0 Å². The van der Waals surface area contributed by atoms with E-state index in [0.29, 0.717) is 12.1 Å². The molecule has 0 aliphatic heterocycles. The second-order valence-corrected chi connectivity index (χ2v) is 8.49. The van der Waals surface area contributed by atoms with Crippen LogP contribution in [0.2, 0.25) is 0 Å². The van der Waals surface area contributed by atoms with Gasteiger partial charge in [-0.3, -0.25) is 4.90 Å². The van der Waals surface area contributed by atoms with E-state index in [-0.39, 0.29) is 0 Å². The Morgan fingerprint density at radius 1 is 0.852 bits per heavy atom. The Hall–Kier alpha value is -2.12. The molecule has 0 fully saturated rings. The summed E-state index contributed by atoms with van der Waals surface area (Å²) in [6.45, 7) is 10.3. The van der Waals surface area contributed by atoms with Gasteiger partial charge in [-0.15, -0.1) is 0 Å². The zero-order chi connectivity index (χ0) is 19.0. The topological polar surface area (TPSA) is 3.24 Å². The van der Waals surface area contributed by atoms with Gasteiger partial charge >= 0.3 is 0 Å². The van der Waals surface area contributed by atoms with E-state index in [2.05, 4.69) is 87.2 Å². The molecule has 0 aromatic heterocycles. The first kappa shape index (κ1) is 18.3. The van der Waals surface area contributed by atoms with Crippen molar-refractivity contribution in [3.05, 3.63) is 76.9 Å². The van der Waals surface area contributed by atoms with Gasteiger partial charge in [-0.1, -0.05) is 60.2 Å². The lowest BCUT2D eigenvalue weighted by Gasteiger charge is -2.30. The first-order chi connectivity index (χ1) is 13.0. The Balaban J connectivity index is 1.53. The SMILES string of the molecule is CC(C)N(CCC1=CCC(c2cccc3c2Cc2ccccc2-3)=C1)C(C)C. The van der Waals surface area contributed by atoms with Crippen molar-refractivity contribution in [3.63, 3.8) is 0 Å². The van der Waals surface area contributed by atoms with Crippen LogP contribution < -0.4 is 0 Å². The van der Waals surface area contributed by atoms with Gasteiger partial charge in [0.15, 0.2) is 0 Å². The summed E-state index contributed by atoms with van der Waals surface area (Å²) >= 11 is 0. The third-order valence-electron chi connectivity index (χ3n) is 6.13. The van der Waals surface area contributed by atoms with Crippen LogP contribution in [0.3, 0.4) is 0 Å². The summed E-state index contributed by atoms with van der Waals surface area (Å²) in [5.74, 6) is 0. The number of fused-ring (bicyclic) bond motifs is 3. The molecular formula is C26H31N. The van der Waals surface area contributed by atoms with Crippen molar-refractivity contribution < 1.29 is 0 Å². The van der Waals surface area contributed by atoms with Crippen molar-refractivity contribution in [3.8, 4) is 11.1 Å². The second kappa shape index (κ2) is 7.48. The lowest BCUT2D eigenvalue weighted by Crippen LogP contribution is -2.37. The average molecular weight is 358 g/mol. The molecule has 2 aromatic carbocycles. The minimum absolute atomic E-state index is 0.603. The molecule has 1 heteroatoms. The highest BCUT2D eigenvalue weighted by atomic mass is 15.2. The molecular weight excluding hydrogens is 326 g/mol. The minimum Gasteiger partial charge on any atom is -0.298 e. The van der Waals surface area contributed by atoms with Gasteiger partial charge in [0, 0.05) is 18.6 Å². The van der Waals surface area contributed by atoms with Crippen molar-refractivity contribution in [1.29, 1.82) is 0 Å². The van der Waals surface area contributed by atoms with Crippen molar-refractivity contribution in [2.75, 3.05) is 6.54 Å². The third kappa shape index (κ3) is 3.53. The Bertz CT molecular complexity index is 890. The maximum atomic E-state index is 2.59. The molecule has 0 radical (unpaired) electrons. The number of hydrogen-bond acceptors (Lipinski definition) is 1. The van der Waals surface area contributed by atoms with Crippen LogP contribution in [-0.2, 0) is 6.42 Å². The lowest BCUT2D eigenvalue weighted by atomic mass is 9.95. The van der Waals surface area contributed by atoms with Crippen LogP contribution in [-0.4, -0.2) is 23.5 Å². The van der Waals surface area contributed by atoms with Crippen LogP contribution in [0.4, 0.5) is 0 Å². The molecule has 4 rings (SSSR count). The first-order valence-corrected chi connectivity index (χ1v) is 10.4. The molecule has 2 aliphatic carbocycles. The molecule has 0 heterocycles. The number of rotatable bonds is 6. The molecule has 1 nitrogen and oxygen atoms in total. The molecule has 0 saturated carbocycles. The summed E-state index contributed by atoms with van der Waals surface area (Å²) < 4.78 is 0. The quantitative estimate of drug-likeness (QED) is 0.488. The highest BCUT2D eigenvalue weighted by Gasteiger charge is 2.23. The van der Waals surface area contributed by atoms with Gasteiger partial charge in [0.2, 0.25) is 0 Å². The van der Waals surface area contributed by atoms with Crippen LogP contribution >= 0.6 is 0 Å². The lowest BCUT2D eigenvalue weighted by molar-refractivity contribution is 0.178. The zero-order valence-corrected chi connectivity index (χ0v) is 17.1. The molecule has 0 N–H and O–H groups in total. The monoisotopic (exact) mass is 357 g/mol. The van der Waals surface area contributed by atoms with Crippen LogP contribution in [0.1, 0.15) is 57.2 Å². The highest BCUT2D eigenvalue weighted by molar-refractivity contribution is 5.85. The smallest absolute Gasteiger partial charge is 0.00414 e. The van der Waals surface area contributed by atoms with Gasteiger partial charge in [0.25, 0.3) is 0 Å². The van der Waals surface area contributed by atoms with Crippen LogP contribution in [0.5, 0.6) is 0 Å². The van der Waals surface area contributed by atoms with E-state index in [4.69, 9.17) is 0 Å². The highest BCUT2D eigenvalue weighted by Crippen LogP contribution is 2.42. The zero-order valence-electron chi connectivity index (χ0n) is 17.1. The first-order valence-electron chi connectivity index (χ1n) is 10.4. The average Bonchev–Trinajstić information content (AvgIpc) is 3.25. The van der Waals surface area contributed by atoms with Crippen molar-refractivity contribution in [1.82, 2.24) is 4.90 Å². The van der Waals surface area contributed by atoms with E-state index in [1.165, 1.54) is 39.0 Å². The van der Waals surface area contributed by atoms with Crippen LogP contribution in [0.15, 0.2) is 60.2 Å². The maximum Gasteiger partial charge on any atom is 0.00414 e. The normalized spacial score (nSPS) is 15.4. The van der Waals surface area contributed by atoms with Gasteiger partial charge < -0.3 is 0 Å². The van der Waals surface area contributed by atoms with E-state index >= 15 is 0 Å². The van der Waals surface area contributed by atoms with E-state index in [9.17, 15) is 0 Å². The molecule has 0 bridgehead atoms. The van der Waals surface area contributed by atoms with Gasteiger partial charge in [0.1, 0.15) is 0 Å². The fourth-order valence-corrected chi connectivity index (χ4v) is 4.77. The summed E-state index contributed by atoms with van der Waals surface area (Å²) in [4.78, 5) is 2.59. The summed E-state index contributed by atoms with van der Waals surface area (Å²) in [7, 11) is 0. The van der Waals surface area contributed by atoms with E-state index in [1.54, 1.807) is 0 Å². The maximum absolute atomic E-state index is 2.59. The molecule has 0 amide bonds. The van der Waals surface area contributed by atoms with Crippen molar-refractivity contribution in [2.24, 2.45) is 0 Å². The predicted octanol–water partition coefficient (Wildman–Crippen LogP) is 6.48. The summed E-state index contributed by atoms with van der Waals surface area (Å²) in [5.41, 5.74) is 10.3. The third-order valence-corrected chi connectivity index (χ3v) is 6.13. The van der Waals surface area contributed by atoms with E-state index < -0.39 is 0 Å². The number of benzene rings is 2. The van der Waals surface area contributed by atoms with Gasteiger partial charge in [-0.05, 0) is 80.3 Å². The summed E-state index contributed by atoms with van der Waals surface area (Å²) in [6, 6.07) is 16.9. The molecule has 2 aromatic rings. The van der Waals surface area contributed by atoms with E-state index in [0.717, 1.165) is 25.8 Å². The molecule has 27 heavy (non-hydrogen) atoms. The Morgan fingerprint density at radius 3 is 2.33 bits per heavy atom. The van der Waals surface area contributed by atoms with E-state index in [1.807, 2.05) is 0 Å². The van der Waals surface area contributed by atoms with Gasteiger partial charge in [-0.25, -0.2) is 0 Å². The second-order valence-electron chi connectivity index (χ2n) is 8.49. The molecule has 0 unspecified atom stereocenters. The summed E-state index contributed by atoms with van der Waals surface area (Å²) in [6.07, 6.45) is 8.19. The molecule has 140 valence electrons.